The lowest BCUT2D eigenvalue weighted by Crippen LogP contribution is -2.36. The second-order valence-electron chi connectivity index (χ2n) is 4.56. The second kappa shape index (κ2) is 4.45. The van der Waals surface area contributed by atoms with Crippen LogP contribution in [0.15, 0.2) is 10.7 Å². The third-order valence-corrected chi connectivity index (χ3v) is 3.27. The van der Waals surface area contributed by atoms with Gasteiger partial charge in [0.15, 0.2) is 5.76 Å². The Morgan fingerprint density at radius 2 is 2.39 bits per heavy atom. The van der Waals surface area contributed by atoms with Crippen LogP contribution in [0.3, 0.4) is 0 Å². The van der Waals surface area contributed by atoms with Gasteiger partial charge in [0, 0.05) is 24.3 Å². The maximum Gasteiger partial charge on any atom is 0.287 e. The van der Waals surface area contributed by atoms with Crippen LogP contribution < -0.4 is 10.6 Å². The molecular formula is C12H14N2O4. The molecule has 0 bridgehead atoms. The second-order valence-corrected chi connectivity index (χ2v) is 4.56. The van der Waals surface area contributed by atoms with E-state index in [9.17, 15) is 9.59 Å². The molecule has 1 saturated heterocycles. The first-order chi connectivity index (χ1) is 8.74. The van der Waals surface area contributed by atoms with Crippen LogP contribution in [0.25, 0.3) is 0 Å². The summed E-state index contributed by atoms with van der Waals surface area (Å²) in [6, 6.07) is 0.0377. The lowest BCUT2D eigenvalue weighted by atomic mass is 10.0. The number of amides is 2. The van der Waals surface area contributed by atoms with Crippen molar-refractivity contribution in [1.29, 1.82) is 0 Å². The van der Waals surface area contributed by atoms with Crippen LogP contribution in [0.4, 0.5) is 0 Å². The summed E-state index contributed by atoms with van der Waals surface area (Å²) >= 11 is 0. The van der Waals surface area contributed by atoms with Crippen molar-refractivity contribution >= 4 is 11.8 Å². The van der Waals surface area contributed by atoms with E-state index in [4.69, 9.17) is 9.15 Å². The minimum absolute atomic E-state index is 0.0377. The van der Waals surface area contributed by atoms with Crippen molar-refractivity contribution in [2.45, 2.75) is 25.4 Å². The smallest absolute Gasteiger partial charge is 0.287 e. The van der Waals surface area contributed by atoms with Crippen molar-refractivity contribution in [2.75, 3.05) is 13.2 Å². The van der Waals surface area contributed by atoms with Gasteiger partial charge in [-0.15, -0.1) is 0 Å². The highest BCUT2D eigenvalue weighted by Crippen LogP contribution is 2.21. The third-order valence-electron chi connectivity index (χ3n) is 3.27. The van der Waals surface area contributed by atoms with Crippen molar-refractivity contribution in [1.82, 2.24) is 10.6 Å². The van der Waals surface area contributed by atoms with Gasteiger partial charge in [-0.2, -0.15) is 0 Å². The molecular weight excluding hydrogens is 236 g/mol. The minimum Gasteiger partial charge on any atom is -0.459 e. The molecule has 1 aromatic rings. The quantitative estimate of drug-likeness (QED) is 0.772. The number of furan rings is 1. The summed E-state index contributed by atoms with van der Waals surface area (Å²) in [5.74, 6) is -0.0876. The minimum atomic E-state index is -0.263. The van der Waals surface area contributed by atoms with E-state index >= 15 is 0 Å². The highest BCUT2D eigenvalue weighted by Gasteiger charge is 2.27. The van der Waals surface area contributed by atoms with Crippen molar-refractivity contribution in [3.05, 3.63) is 23.2 Å². The van der Waals surface area contributed by atoms with Crippen LogP contribution >= 0.6 is 0 Å². The van der Waals surface area contributed by atoms with E-state index in [-0.39, 0.29) is 30.0 Å². The Morgan fingerprint density at radius 3 is 3.17 bits per heavy atom. The zero-order valence-electron chi connectivity index (χ0n) is 9.82. The number of rotatable bonds is 2. The Labute approximate surface area is 104 Å². The van der Waals surface area contributed by atoms with Gasteiger partial charge in [-0.25, -0.2) is 0 Å². The molecule has 2 aliphatic rings. The van der Waals surface area contributed by atoms with Crippen molar-refractivity contribution in [3.63, 3.8) is 0 Å². The van der Waals surface area contributed by atoms with Crippen molar-refractivity contribution in [2.24, 2.45) is 0 Å². The fourth-order valence-electron chi connectivity index (χ4n) is 2.27. The monoisotopic (exact) mass is 250 g/mol. The first kappa shape index (κ1) is 11.3. The van der Waals surface area contributed by atoms with Gasteiger partial charge in [-0.1, -0.05) is 0 Å². The Hall–Kier alpha value is -1.82. The van der Waals surface area contributed by atoms with Gasteiger partial charge in [0.05, 0.1) is 25.3 Å². The molecule has 6 heteroatoms. The fraction of sp³-hybridized carbons (Fsp3) is 0.500. The van der Waals surface area contributed by atoms with Crippen molar-refractivity contribution < 1.29 is 18.7 Å². The van der Waals surface area contributed by atoms with Gasteiger partial charge in [0.25, 0.3) is 5.91 Å². The normalized spacial score (nSPS) is 22.4. The molecule has 18 heavy (non-hydrogen) atoms. The Morgan fingerprint density at radius 1 is 1.50 bits per heavy atom. The van der Waals surface area contributed by atoms with Crippen LogP contribution in [0, 0.1) is 0 Å². The highest BCUT2D eigenvalue weighted by atomic mass is 16.5. The maximum absolute atomic E-state index is 12.0. The Bertz CT molecular complexity index is 488. The lowest BCUT2D eigenvalue weighted by molar-refractivity contribution is -0.121. The molecule has 6 nitrogen and oxygen atoms in total. The number of nitrogens with one attached hydrogen (secondary N) is 2. The first-order valence-electron chi connectivity index (χ1n) is 5.98. The van der Waals surface area contributed by atoms with E-state index in [1.807, 2.05) is 0 Å². The van der Waals surface area contributed by atoms with Crippen LogP contribution in [-0.4, -0.2) is 31.1 Å². The number of fused-ring (bicyclic) bond motifs is 1. The number of hydrogen-bond donors (Lipinski definition) is 2. The molecule has 2 amide bonds. The average molecular weight is 250 g/mol. The molecule has 1 aromatic heterocycles. The van der Waals surface area contributed by atoms with E-state index in [0.717, 1.165) is 12.0 Å². The summed E-state index contributed by atoms with van der Waals surface area (Å²) in [4.78, 5) is 23.4. The standard InChI is InChI=1S/C12H14N2O4/c15-10-3-9-7(4-13-10)5-18-11(9)12(16)14-8-1-2-17-6-8/h5,8H,1-4,6H2,(H,13,15)(H,14,16). The van der Waals surface area contributed by atoms with E-state index in [1.54, 1.807) is 0 Å². The predicted molar refractivity (Wildman–Crippen MR) is 60.9 cm³/mol. The topological polar surface area (TPSA) is 80.6 Å². The average Bonchev–Trinajstić information content (AvgIpc) is 2.97. The molecule has 1 fully saturated rings. The van der Waals surface area contributed by atoms with Gasteiger partial charge < -0.3 is 19.8 Å². The summed E-state index contributed by atoms with van der Waals surface area (Å²) in [6.07, 6.45) is 2.56. The fourth-order valence-corrected chi connectivity index (χ4v) is 2.27. The first-order valence-corrected chi connectivity index (χ1v) is 5.98. The van der Waals surface area contributed by atoms with Crippen LogP contribution in [0.1, 0.15) is 28.1 Å². The number of hydrogen-bond acceptors (Lipinski definition) is 4. The molecule has 96 valence electrons. The molecule has 2 aliphatic heterocycles. The van der Waals surface area contributed by atoms with Gasteiger partial charge in [0.1, 0.15) is 0 Å². The zero-order chi connectivity index (χ0) is 12.5. The molecule has 0 aromatic carbocycles. The molecule has 2 N–H and O–H groups in total. The van der Waals surface area contributed by atoms with E-state index in [0.29, 0.717) is 25.3 Å². The van der Waals surface area contributed by atoms with E-state index in [2.05, 4.69) is 10.6 Å². The highest BCUT2D eigenvalue weighted by molar-refractivity contribution is 5.95. The molecule has 0 aliphatic carbocycles. The van der Waals surface area contributed by atoms with Gasteiger partial charge in [-0.05, 0) is 6.42 Å². The number of carbonyl (C=O) groups is 2. The Kier molecular flexibility index (Phi) is 2.79. The zero-order valence-corrected chi connectivity index (χ0v) is 9.82. The summed E-state index contributed by atoms with van der Waals surface area (Å²) in [6.45, 7) is 1.64. The van der Waals surface area contributed by atoms with Crippen LogP contribution in [0.5, 0.6) is 0 Å². The molecule has 0 saturated carbocycles. The summed E-state index contributed by atoms with van der Waals surface area (Å²) in [5, 5.41) is 5.57. The summed E-state index contributed by atoms with van der Waals surface area (Å²) in [7, 11) is 0. The molecule has 1 unspecified atom stereocenters. The lowest BCUT2D eigenvalue weighted by Gasteiger charge is -2.13. The SMILES string of the molecule is O=C1Cc2c(coc2C(=O)NC2CCOC2)CN1. The van der Waals surface area contributed by atoms with E-state index < -0.39 is 0 Å². The summed E-state index contributed by atoms with van der Waals surface area (Å²) in [5.41, 5.74) is 1.58. The largest absolute Gasteiger partial charge is 0.459 e. The molecule has 3 rings (SSSR count). The van der Waals surface area contributed by atoms with E-state index in [1.165, 1.54) is 6.26 Å². The molecule has 0 spiro atoms. The summed E-state index contributed by atoms with van der Waals surface area (Å²) < 4.78 is 10.5. The van der Waals surface area contributed by atoms with Crippen LogP contribution in [-0.2, 0) is 22.5 Å². The Balaban J connectivity index is 1.77. The number of carbonyl (C=O) groups excluding carboxylic acids is 2. The predicted octanol–water partition coefficient (Wildman–Crippen LogP) is -0.0294. The molecule has 0 radical (unpaired) electrons. The molecule has 3 heterocycles. The van der Waals surface area contributed by atoms with Gasteiger partial charge in [0.2, 0.25) is 5.91 Å². The molecule has 1 atom stereocenters. The third kappa shape index (κ3) is 1.99. The van der Waals surface area contributed by atoms with Gasteiger partial charge in [-0.3, -0.25) is 9.59 Å². The maximum atomic E-state index is 12.0. The van der Waals surface area contributed by atoms with Crippen molar-refractivity contribution in [3.8, 4) is 0 Å². The number of ether oxygens (including phenoxy) is 1. The van der Waals surface area contributed by atoms with Gasteiger partial charge >= 0.3 is 0 Å². The van der Waals surface area contributed by atoms with Crippen LogP contribution in [0.2, 0.25) is 0 Å².